The molecule has 1 N–H and O–H groups in total. The number of benzene rings is 1. The lowest BCUT2D eigenvalue weighted by atomic mass is 10.2. The lowest BCUT2D eigenvalue weighted by Crippen LogP contribution is -2.27. The fourth-order valence-electron chi connectivity index (χ4n) is 1.20. The highest BCUT2D eigenvalue weighted by Crippen LogP contribution is 2.09. The molecule has 16 heavy (non-hydrogen) atoms. The Bertz CT molecular complexity index is 392. The summed E-state index contributed by atoms with van der Waals surface area (Å²) < 4.78 is 5.16. The molecule has 0 heterocycles. The van der Waals surface area contributed by atoms with Crippen LogP contribution in [0.5, 0.6) is 0 Å². The number of rotatable bonds is 4. The number of anilines is 1. The van der Waals surface area contributed by atoms with E-state index in [1.807, 2.05) is 13.0 Å². The molecule has 1 aromatic rings. The number of nitriles is 1. The van der Waals surface area contributed by atoms with Crippen LogP contribution in [0.4, 0.5) is 5.69 Å². The largest absolute Gasteiger partial charge is 0.369 e. The molecular formula is C12H14N2O2. The molecule has 0 spiro atoms. The predicted molar refractivity (Wildman–Crippen MR) is 60.9 cm³/mol. The Balaban J connectivity index is 2.60. The van der Waals surface area contributed by atoms with Crippen molar-refractivity contribution in [1.29, 1.82) is 5.26 Å². The van der Waals surface area contributed by atoms with Crippen molar-refractivity contribution in [2.24, 2.45) is 0 Å². The van der Waals surface area contributed by atoms with E-state index in [2.05, 4.69) is 5.32 Å². The predicted octanol–water partition coefficient (Wildman–Crippen LogP) is 1.92. The third-order valence-corrected chi connectivity index (χ3v) is 2.07. The molecular weight excluding hydrogens is 204 g/mol. The molecule has 0 fully saturated rings. The molecule has 1 atom stereocenters. The SMILES string of the molecule is CCOC(C)C(=O)Nc1ccc(C#N)cc1. The number of amides is 1. The van der Waals surface area contributed by atoms with Gasteiger partial charge in [-0.3, -0.25) is 4.79 Å². The Labute approximate surface area is 94.8 Å². The Kier molecular flexibility index (Phi) is 4.49. The second-order valence-electron chi connectivity index (χ2n) is 3.28. The smallest absolute Gasteiger partial charge is 0.253 e. The van der Waals surface area contributed by atoms with E-state index >= 15 is 0 Å². The Morgan fingerprint density at radius 2 is 2.12 bits per heavy atom. The summed E-state index contributed by atoms with van der Waals surface area (Å²) in [4.78, 5) is 11.6. The first kappa shape index (κ1) is 12.2. The van der Waals surface area contributed by atoms with Crippen molar-refractivity contribution in [2.75, 3.05) is 11.9 Å². The van der Waals surface area contributed by atoms with E-state index < -0.39 is 6.10 Å². The standard InChI is InChI=1S/C12H14N2O2/c1-3-16-9(2)12(15)14-11-6-4-10(8-13)5-7-11/h4-7,9H,3H2,1-2H3,(H,14,15). The quantitative estimate of drug-likeness (QED) is 0.839. The number of nitrogens with one attached hydrogen (secondary N) is 1. The van der Waals surface area contributed by atoms with Gasteiger partial charge in [0.25, 0.3) is 5.91 Å². The van der Waals surface area contributed by atoms with Crippen LogP contribution < -0.4 is 5.32 Å². The Hall–Kier alpha value is -1.86. The zero-order valence-corrected chi connectivity index (χ0v) is 9.36. The van der Waals surface area contributed by atoms with E-state index in [9.17, 15) is 4.79 Å². The van der Waals surface area contributed by atoms with Gasteiger partial charge in [0.05, 0.1) is 11.6 Å². The second-order valence-corrected chi connectivity index (χ2v) is 3.28. The molecule has 0 saturated carbocycles. The summed E-state index contributed by atoms with van der Waals surface area (Å²) >= 11 is 0. The average Bonchev–Trinajstić information content (AvgIpc) is 2.30. The first-order chi connectivity index (χ1) is 7.67. The van der Waals surface area contributed by atoms with Gasteiger partial charge in [-0.15, -0.1) is 0 Å². The van der Waals surface area contributed by atoms with E-state index in [0.717, 1.165) is 0 Å². The van der Waals surface area contributed by atoms with E-state index in [-0.39, 0.29) is 5.91 Å². The summed E-state index contributed by atoms with van der Waals surface area (Å²) in [5.41, 5.74) is 1.23. The summed E-state index contributed by atoms with van der Waals surface area (Å²) in [6, 6.07) is 8.70. The summed E-state index contributed by atoms with van der Waals surface area (Å²) in [5.74, 6) is -0.188. The Morgan fingerprint density at radius 3 is 2.62 bits per heavy atom. The Morgan fingerprint density at radius 1 is 1.50 bits per heavy atom. The van der Waals surface area contributed by atoms with Gasteiger partial charge in [-0.1, -0.05) is 0 Å². The van der Waals surface area contributed by atoms with Crippen LogP contribution in [-0.4, -0.2) is 18.6 Å². The number of hydrogen-bond acceptors (Lipinski definition) is 3. The highest BCUT2D eigenvalue weighted by molar-refractivity contribution is 5.93. The lowest BCUT2D eigenvalue weighted by Gasteiger charge is -2.11. The summed E-state index contributed by atoms with van der Waals surface area (Å²) in [5, 5.41) is 11.3. The molecule has 0 aliphatic rings. The molecule has 1 aromatic carbocycles. The molecule has 0 aromatic heterocycles. The van der Waals surface area contributed by atoms with Gasteiger partial charge in [-0.05, 0) is 38.1 Å². The zero-order valence-electron chi connectivity index (χ0n) is 9.36. The van der Waals surface area contributed by atoms with E-state index in [0.29, 0.717) is 17.9 Å². The summed E-state index contributed by atoms with van der Waals surface area (Å²) in [6.45, 7) is 4.04. The summed E-state index contributed by atoms with van der Waals surface area (Å²) in [6.07, 6.45) is -0.472. The average molecular weight is 218 g/mol. The molecule has 4 heteroatoms. The van der Waals surface area contributed by atoms with Crippen LogP contribution in [0.1, 0.15) is 19.4 Å². The molecule has 1 unspecified atom stereocenters. The van der Waals surface area contributed by atoms with E-state index in [1.165, 1.54) is 0 Å². The van der Waals surface area contributed by atoms with Crippen molar-refractivity contribution in [3.05, 3.63) is 29.8 Å². The molecule has 0 aliphatic carbocycles. The molecule has 0 bridgehead atoms. The van der Waals surface area contributed by atoms with Gasteiger partial charge in [0, 0.05) is 12.3 Å². The number of ether oxygens (including phenoxy) is 1. The lowest BCUT2D eigenvalue weighted by molar-refractivity contribution is -0.126. The first-order valence-corrected chi connectivity index (χ1v) is 5.10. The van der Waals surface area contributed by atoms with Crippen LogP contribution in [0.15, 0.2) is 24.3 Å². The normalized spacial score (nSPS) is 11.6. The first-order valence-electron chi connectivity index (χ1n) is 5.10. The van der Waals surface area contributed by atoms with Crippen LogP contribution in [0.2, 0.25) is 0 Å². The van der Waals surface area contributed by atoms with Crippen molar-refractivity contribution in [2.45, 2.75) is 20.0 Å². The van der Waals surface area contributed by atoms with Crippen LogP contribution in [0.3, 0.4) is 0 Å². The topological polar surface area (TPSA) is 62.1 Å². The van der Waals surface area contributed by atoms with E-state index in [1.54, 1.807) is 31.2 Å². The fraction of sp³-hybridized carbons (Fsp3) is 0.333. The number of carbonyl (C=O) groups is 1. The second kappa shape index (κ2) is 5.89. The molecule has 84 valence electrons. The van der Waals surface area contributed by atoms with Crippen molar-refractivity contribution in [3.63, 3.8) is 0 Å². The molecule has 0 radical (unpaired) electrons. The summed E-state index contributed by atoms with van der Waals surface area (Å²) in [7, 11) is 0. The van der Waals surface area contributed by atoms with Crippen molar-refractivity contribution < 1.29 is 9.53 Å². The number of nitrogens with zero attached hydrogens (tertiary/aromatic N) is 1. The van der Waals surface area contributed by atoms with Crippen molar-refractivity contribution in [1.82, 2.24) is 0 Å². The maximum atomic E-state index is 11.6. The minimum atomic E-state index is -0.472. The van der Waals surface area contributed by atoms with Gasteiger partial charge < -0.3 is 10.1 Å². The third kappa shape index (κ3) is 3.37. The van der Waals surface area contributed by atoms with E-state index in [4.69, 9.17) is 10.00 Å². The fourth-order valence-corrected chi connectivity index (χ4v) is 1.20. The van der Waals surface area contributed by atoms with Crippen molar-refractivity contribution >= 4 is 11.6 Å². The monoisotopic (exact) mass is 218 g/mol. The van der Waals surface area contributed by atoms with Gasteiger partial charge in [-0.2, -0.15) is 5.26 Å². The van der Waals surface area contributed by atoms with Crippen LogP contribution in [-0.2, 0) is 9.53 Å². The van der Waals surface area contributed by atoms with Crippen LogP contribution in [0, 0.1) is 11.3 Å². The van der Waals surface area contributed by atoms with Crippen molar-refractivity contribution in [3.8, 4) is 6.07 Å². The minimum absolute atomic E-state index is 0.188. The van der Waals surface area contributed by atoms with Crippen LogP contribution in [0.25, 0.3) is 0 Å². The highest BCUT2D eigenvalue weighted by atomic mass is 16.5. The maximum Gasteiger partial charge on any atom is 0.253 e. The molecule has 0 saturated heterocycles. The minimum Gasteiger partial charge on any atom is -0.369 e. The van der Waals surface area contributed by atoms with Gasteiger partial charge in [-0.25, -0.2) is 0 Å². The molecule has 1 amide bonds. The number of hydrogen-bond donors (Lipinski definition) is 1. The van der Waals surface area contributed by atoms with Crippen LogP contribution >= 0.6 is 0 Å². The third-order valence-electron chi connectivity index (χ3n) is 2.07. The highest BCUT2D eigenvalue weighted by Gasteiger charge is 2.12. The van der Waals surface area contributed by atoms with Gasteiger partial charge in [0.2, 0.25) is 0 Å². The maximum absolute atomic E-state index is 11.6. The molecule has 1 rings (SSSR count). The molecule has 4 nitrogen and oxygen atoms in total. The van der Waals surface area contributed by atoms with Gasteiger partial charge in [0.15, 0.2) is 0 Å². The number of carbonyl (C=O) groups excluding carboxylic acids is 1. The van der Waals surface area contributed by atoms with Gasteiger partial charge in [0.1, 0.15) is 6.10 Å². The zero-order chi connectivity index (χ0) is 12.0. The molecule has 0 aliphatic heterocycles. The van der Waals surface area contributed by atoms with Gasteiger partial charge >= 0.3 is 0 Å².